The van der Waals surface area contributed by atoms with Crippen LogP contribution in [0.1, 0.15) is 24.1 Å². The van der Waals surface area contributed by atoms with Crippen molar-refractivity contribution in [3.63, 3.8) is 0 Å². The first-order valence-electron chi connectivity index (χ1n) is 11.0. The minimum absolute atomic E-state index is 0.0636. The van der Waals surface area contributed by atoms with Gasteiger partial charge in [0.15, 0.2) is 0 Å². The molecular weight excluding hydrogens is 378 g/mol. The highest BCUT2D eigenvalue weighted by Gasteiger charge is 2.25. The van der Waals surface area contributed by atoms with Crippen LogP contribution in [0.15, 0.2) is 35.1 Å². The van der Waals surface area contributed by atoms with Gasteiger partial charge in [0.2, 0.25) is 5.91 Å². The Morgan fingerprint density at radius 3 is 2.63 bits per heavy atom. The van der Waals surface area contributed by atoms with Crippen LogP contribution in [0.5, 0.6) is 0 Å². The molecule has 1 aliphatic heterocycles. The molecule has 1 aromatic carbocycles. The highest BCUT2D eigenvalue weighted by Crippen LogP contribution is 2.23. The highest BCUT2D eigenvalue weighted by atomic mass is 16.2. The lowest BCUT2D eigenvalue weighted by atomic mass is 9.99. The van der Waals surface area contributed by atoms with Crippen LogP contribution in [0, 0.1) is 5.92 Å². The number of hydrogen-bond acceptors (Lipinski definition) is 5. The molecule has 1 fully saturated rings. The number of amides is 1. The molecule has 4 rings (SSSR count). The normalized spacial score (nSPS) is 20.4. The quantitative estimate of drug-likeness (QED) is 0.728. The van der Waals surface area contributed by atoms with Gasteiger partial charge in [-0.2, -0.15) is 0 Å². The number of carbonyl (C=O) groups is 1. The van der Waals surface area contributed by atoms with Gasteiger partial charge in [-0.25, -0.2) is 4.98 Å². The van der Waals surface area contributed by atoms with Gasteiger partial charge in [-0.15, -0.1) is 0 Å². The molecule has 2 aliphatic rings. The number of benzene rings is 1. The molecule has 2 heterocycles. The smallest absolute Gasteiger partial charge is 0.254 e. The van der Waals surface area contributed by atoms with Gasteiger partial charge in [-0.05, 0) is 32.7 Å². The Morgan fingerprint density at radius 1 is 1.13 bits per heavy atom. The lowest BCUT2D eigenvalue weighted by molar-refractivity contribution is -0.125. The molecule has 1 aromatic heterocycles. The Morgan fingerprint density at radius 2 is 1.87 bits per heavy atom. The number of rotatable bonds is 5. The molecule has 0 bridgehead atoms. The van der Waals surface area contributed by atoms with E-state index in [9.17, 15) is 9.59 Å². The Kier molecular flexibility index (Phi) is 6.59. The third-order valence-electron chi connectivity index (χ3n) is 6.31. The van der Waals surface area contributed by atoms with E-state index in [2.05, 4.69) is 27.1 Å². The summed E-state index contributed by atoms with van der Waals surface area (Å²) < 4.78 is 0. The second-order valence-corrected chi connectivity index (χ2v) is 8.42. The zero-order valence-corrected chi connectivity index (χ0v) is 17.7. The van der Waals surface area contributed by atoms with Crippen LogP contribution in [0.25, 0.3) is 11.4 Å². The fraction of sp³-hybridized carbons (Fsp3) is 0.522. The van der Waals surface area contributed by atoms with Crippen molar-refractivity contribution in [1.29, 1.82) is 0 Å². The van der Waals surface area contributed by atoms with Crippen molar-refractivity contribution in [3.8, 4) is 11.4 Å². The van der Waals surface area contributed by atoms with Crippen LogP contribution < -0.4 is 10.9 Å². The number of nitrogens with zero attached hydrogens (tertiary/aromatic N) is 3. The fourth-order valence-electron chi connectivity index (χ4n) is 4.33. The van der Waals surface area contributed by atoms with E-state index < -0.39 is 0 Å². The molecule has 2 N–H and O–H groups in total. The van der Waals surface area contributed by atoms with Crippen LogP contribution in [0.3, 0.4) is 0 Å². The van der Waals surface area contributed by atoms with Crippen molar-refractivity contribution >= 4 is 5.91 Å². The van der Waals surface area contributed by atoms with Gasteiger partial charge in [-0.1, -0.05) is 30.3 Å². The Labute approximate surface area is 177 Å². The summed E-state index contributed by atoms with van der Waals surface area (Å²) in [6, 6.07) is 9.70. The minimum atomic E-state index is -0.0741. The number of likely N-dealkylation sites (N-methyl/N-ethyl adjacent to an activating group) is 1. The topological polar surface area (TPSA) is 81.3 Å². The molecule has 7 heteroatoms. The number of aromatic amines is 1. The van der Waals surface area contributed by atoms with Gasteiger partial charge in [-0.3, -0.25) is 14.5 Å². The molecule has 1 atom stereocenters. The SMILES string of the molecule is CN1CCN(CCNC(=O)C2CCc3nc(-c4ccccc4)[nH]c(=O)c3CC2)CC1. The summed E-state index contributed by atoms with van der Waals surface area (Å²) >= 11 is 0. The summed E-state index contributed by atoms with van der Waals surface area (Å²) in [5.74, 6) is 0.650. The average molecular weight is 410 g/mol. The number of H-pyrrole nitrogens is 1. The summed E-state index contributed by atoms with van der Waals surface area (Å²) in [4.78, 5) is 37.8. The Balaban J connectivity index is 1.34. The van der Waals surface area contributed by atoms with Gasteiger partial charge in [0, 0.05) is 56.3 Å². The van der Waals surface area contributed by atoms with E-state index in [1.807, 2.05) is 30.3 Å². The third kappa shape index (κ3) is 4.96. The molecule has 2 aromatic rings. The first-order valence-corrected chi connectivity index (χ1v) is 11.0. The van der Waals surface area contributed by atoms with Gasteiger partial charge in [0.1, 0.15) is 5.82 Å². The minimum Gasteiger partial charge on any atom is -0.355 e. The summed E-state index contributed by atoms with van der Waals surface area (Å²) in [6.07, 6.45) is 2.69. The zero-order chi connectivity index (χ0) is 20.9. The molecule has 1 saturated heterocycles. The van der Waals surface area contributed by atoms with Crippen LogP contribution in [0.2, 0.25) is 0 Å². The second-order valence-electron chi connectivity index (χ2n) is 8.42. The second kappa shape index (κ2) is 9.53. The van der Waals surface area contributed by atoms with Gasteiger partial charge < -0.3 is 15.2 Å². The third-order valence-corrected chi connectivity index (χ3v) is 6.31. The molecule has 160 valence electrons. The van der Waals surface area contributed by atoms with E-state index in [1.54, 1.807) is 0 Å². The highest BCUT2D eigenvalue weighted by molar-refractivity contribution is 5.78. The number of nitrogens with one attached hydrogen (secondary N) is 2. The number of aromatic nitrogens is 2. The monoisotopic (exact) mass is 409 g/mol. The molecule has 30 heavy (non-hydrogen) atoms. The van der Waals surface area contributed by atoms with Crippen molar-refractivity contribution in [2.45, 2.75) is 25.7 Å². The van der Waals surface area contributed by atoms with Crippen molar-refractivity contribution < 1.29 is 4.79 Å². The molecule has 1 amide bonds. The van der Waals surface area contributed by atoms with E-state index in [0.717, 1.165) is 56.0 Å². The molecule has 0 radical (unpaired) electrons. The van der Waals surface area contributed by atoms with Crippen molar-refractivity contribution in [2.24, 2.45) is 5.92 Å². The summed E-state index contributed by atoms with van der Waals surface area (Å²) in [6.45, 7) is 5.87. The van der Waals surface area contributed by atoms with E-state index in [1.165, 1.54) is 0 Å². The van der Waals surface area contributed by atoms with Gasteiger partial charge >= 0.3 is 0 Å². The summed E-state index contributed by atoms with van der Waals surface area (Å²) in [5.41, 5.74) is 2.41. The first-order chi connectivity index (χ1) is 14.6. The Bertz CT molecular complexity index is 919. The first kappa shape index (κ1) is 20.8. The molecule has 1 unspecified atom stereocenters. The molecule has 0 saturated carbocycles. The largest absolute Gasteiger partial charge is 0.355 e. The maximum Gasteiger partial charge on any atom is 0.254 e. The molecule has 7 nitrogen and oxygen atoms in total. The number of carbonyl (C=O) groups excluding carboxylic acids is 1. The molecular formula is C23H31N5O2. The summed E-state index contributed by atoms with van der Waals surface area (Å²) in [7, 11) is 2.14. The van der Waals surface area contributed by atoms with Crippen molar-refractivity contribution in [1.82, 2.24) is 25.1 Å². The molecule has 0 spiro atoms. The number of hydrogen-bond donors (Lipinski definition) is 2. The van der Waals surface area contributed by atoms with E-state index >= 15 is 0 Å². The van der Waals surface area contributed by atoms with Crippen LogP contribution >= 0.6 is 0 Å². The number of aryl methyl sites for hydroxylation is 1. The van der Waals surface area contributed by atoms with E-state index in [4.69, 9.17) is 4.98 Å². The maximum absolute atomic E-state index is 12.7. The fourth-order valence-corrected chi connectivity index (χ4v) is 4.33. The van der Waals surface area contributed by atoms with Gasteiger partial charge in [0.05, 0.1) is 5.69 Å². The standard InChI is InChI=1S/C23H31N5O2/c1-27-13-15-28(16-14-27)12-11-24-22(29)18-7-9-19-20(10-8-18)25-21(26-23(19)30)17-5-3-2-4-6-17/h2-6,18H,7-16H2,1H3,(H,24,29)(H,25,26,30). The van der Waals surface area contributed by atoms with Gasteiger partial charge in [0.25, 0.3) is 5.56 Å². The molecule has 1 aliphatic carbocycles. The number of fused-ring (bicyclic) bond motifs is 1. The van der Waals surface area contributed by atoms with E-state index in [0.29, 0.717) is 31.6 Å². The predicted octanol–water partition coefficient (Wildman–Crippen LogP) is 1.30. The Hall–Kier alpha value is -2.51. The zero-order valence-electron chi connectivity index (χ0n) is 17.7. The lowest BCUT2D eigenvalue weighted by Crippen LogP contribution is -2.47. The van der Waals surface area contributed by atoms with Crippen LogP contribution in [0.4, 0.5) is 0 Å². The summed E-state index contributed by atoms with van der Waals surface area (Å²) in [5, 5.41) is 3.12. The average Bonchev–Trinajstić information content (AvgIpc) is 2.99. The van der Waals surface area contributed by atoms with Crippen LogP contribution in [-0.4, -0.2) is 72.0 Å². The van der Waals surface area contributed by atoms with Crippen LogP contribution in [-0.2, 0) is 17.6 Å². The predicted molar refractivity (Wildman–Crippen MR) is 117 cm³/mol. The van der Waals surface area contributed by atoms with Crippen molar-refractivity contribution in [2.75, 3.05) is 46.3 Å². The van der Waals surface area contributed by atoms with E-state index in [-0.39, 0.29) is 17.4 Å². The number of piperazine rings is 1. The lowest BCUT2D eigenvalue weighted by Gasteiger charge is -2.32. The maximum atomic E-state index is 12.7. The van der Waals surface area contributed by atoms with Crippen molar-refractivity contribution in [3.05, 3.63) is 51.9 Å².